The minimum Gasteiger partial charge on any atom is -0.391 e. The van der Waals surface area contributed by atoms with Crippen molar-refractivity contribution in [2.75, 3.05) is 18.6 Å². The molecule has 102 valence electrons. The highest BCUT2D eigenvalue weighted by Gasteiger charge is 2.27. The number of nitrogens with zero attached hydrogens (tertiary/aromatic N) is 2. The summed E-state index contributed by atoms with van der Waals surface area (Å²) in [5.74, 6) is 0.833. The lowest BCUT2D eigenvalue weighted by Crippen LogP contribution is -2.32. The zero-order valence-corrected chi connectivity index (χ0v) is 12.2. The van der Waals surface area contributed by atoms with Gasteiger partial charge >= 0.3 is 0 Å². The number of aliphatic hydroxyl groups excluding tert-OH is 1. The summed E-state index contributed by atoms with van der Waals surface area (Å²) in [6.45, 7) is 5.99. The third-order valence-corrected chi connectivity index (χ3v) is 4.33. The van der Waals surface area contributed by atoms with Crippen LogP contribution in [0.1, 0.15) is 37.3 Å². The van der Waals surface area contributed by atoms with Crippen molar-refractivity contribution in [2.45, 2.75) is 45.9 Å². The fraction of sp³-hybridized carbons (Fsp3) is 0.769. The first-order valence-corrected chi connectivity index (χ1v) is 7.32. The Labute approximate surface area is 113 Å². The number of rotatable bonds is 7. The summed E-state index contributed by atoms with van der Waals surface area (Å²) in [6.07, 6.45) is 2.68. The fourth-order valence-corrected chi connectivity index (χ4v) is 3.02. The first kappa shape index (κ1) is 13.8. The number of methoxy groups -OCH3 is 1. The van der Waals surface area contributed by atoms with Gasteiger partial charge in [0.1, 0.15) is 0 Å². The van der Waals surface area contributed by atoms with Crippen molar-refractivity contribution in [1.82, 2.24) is 4.98 Å². The lowest BCUT2D eigenvalue weighted by atomic mass is 10.3. The van der Waals surface area contributed by atoms with Crippen LogP contribution in [0.3, 0.4) is 0 Å². The van der Waals surface area contributed by atoms with E-state index in [1.54, 1.807) is 18.4 Å². The average molecular weight is 270 g/mol. The van der Waals surface area contributed by atoms with Crippen LogP contribution in [0.2, 0.25) is 0 Å². The predicted octanol–water partition coefficient (Wildman–Crippen LogP) is 2.41. The molecule has 2 rings (SSSR count). The van der Waals surface area contributed by atoms with Crippen molar-refractivity contribution in [1.29, 1.82) is 0 Å². The lowest BCUT2D eigenvalue weighted by molar-refractivity contribution is 0.179. The molecular formula is C13H22N2O2S. The second kappa shape index (κ2) is 5.99. The van der Waals surface area contributed by atoms with Gasteiger partial charge in [0.05, 0.1) is 23.8 Å². The lowest BCUT2D eigenvalue weighted by Gasteiger charge is -2.26. The second-order valence-electron chi connectivity index (χ2n) is 5.15. The summed E-state index contributed by atoms with van der Waals surface area (Å²) < 4.78 is 5.13. The van der Waals surface area contributed by atoms with Gasteiger partial charge in [0, 0.05) is 19.7 Å². The van der Waals surface area contributed by atoms with Crippen molar-refractivity contribution >= 4 is 16.5 Å². The molecule has 0 atom stereocenters. The van der Waals surface area contributed by atoms with Gasteiger partial charge in [0.15, 0.2) is 5.13 Å². The summed E-state index contributed by atoms with van der Waals surface area (Å²) in [6, 6.07) is 0.443. The molecule has 1 aliphatic rings. The van der Waals surface area contributed by atoms with Gasteiger partial charge in [-0.25, -0.2) is 4.98 Å². The zero-order valence-electron chi connectivity index (χ0n) is 11.3. The van der Waals surface area contributed by atoms with E-state index < -0.39 is 0 Å². The highest BCUT2D eigenvalue weighted by atomic mass is 32.1. The van der Waals surface area contributed by atoms with Crippen molar-refractivity contribution in [3.63, 3.8) is 0 Å². The quantitative estimate of drug-likeness (QED) is 0.826. The molecule has 1 fully saturated rings. The van der Waals surface area contributed by atoms with Crippen LogP contribution in [0.25, 0.3) is 0 Å². The first-order chi connectivity index (χ1) is 8.65. The molecule has 1 aromatic rings. The number of aliphatic hydroxyl groups is 1. The molecular weight excluding hydrogens is 248 g/mol. The Bertz CT molecular complexity index is 388. The summed E-state index contributed by atoms with van der Waals surface area (Å²) in [5, 5.41) is 10.4. The smallest absolute Gasteiger partial charge is 0.186 e. The van der Waals surface area contributed by atoms with Gasteiger partial charge in [-0.05, 0) is 32.6 Å². The molecule has 0 unspecified atom stereocenters. The Morgan fingerprint density at radius 1 is 1.50 bits per heavy atom. The molecule has 1 aromatic heterocycles. The standard InChI is InChI=1S/C13H22N2O2S/c1-9(2)15(6-10-4-5-10)13-14-11(8-17-3)12(7-16)18-13/h9-10,16H,4-8H2,1-3H3. The Morgan fingerprint density at radius 3 is 2.72 bits per heavy atom. The molecule has 0 aliphatic heterocycles. The molecule has 0 spiro atoms. The number of hydrogen-bond donors (Lipinski definition) is 1. The van der Waals surface area contributed by atoms with E-state index in [4.69, 9.17) is 4.74 Å². The van der Waals surface area contributed by atoms with Crippen LogP contribution in [-0.4, -0.2) is 29.8 Å². The van der Waals surface area contributed by atoms with E-state index in [2.05, 4.69) is 23.7 Å². The number of thiazole rings is 1. The van der Waals surface area contributed by atoms with Gasteiger partial charge < -0.3 is 14.7 Å². The van der Waals surface area contributed by atoms with E-state index in [0.717, 1.165) is 28.2 Å². The van der Waals surface area contributed by atoms with Crippen LogP contribution in [0, 0.1) is 5.92 Å². The largest absolute Gasteiger partial charge is 0.391 e. The molecule has 0 saturated heterocycles. The van der Waals surface area contributed by atoms with Gasteiger partial charge in [0.25, 0.3) is 0 Å². The molecule has 0 radical (unpaired) electrons. The van der Waals surface area contributed by atoms with E-state index in [1.165, 1.54) is 12.8 Å². The SMILES string of the molecule is COCc1nc(N(CC2CC2)C(C)C)sc1CO. The van der Waals surface area contributed by atoms with Crippen LogP contribution in [-0.2, 0) is 18.0 Å². The van der Waals surface area contributed by atoms with E-state index >= 15 is 0 Å². The van der Waals surface area contributed by atoms with E-state index in [9.17, 15) is 5.11 Å². The van der Waals surface area contributed by atoms with Crippen molar-refractivity contribution in [3.8, 4) is 0 Å². The summed E-state index contributed by atoms with van der Waals surface area (Å²) in [4.78, 5) is 7.90. The fourth-order valence-electron chi connectivity index (χ4n) is 1.95. The van der Waals surface area contributed by atoms with Crippen molar-refractivity contribution in [3.05, 3.63) is 10.6 Å². The molecule has 0 amide bonds. The first-order valence-electron chi connectivity index (χ1n) is 6.50. The summed E-state index contributed by atoms with van der Waals surface area (Å²) in [5.41, 5.74) is 0.876. The molecule has 0 aromatic carbocycles. The molecule has 1 aliphatic carbocycles. The van der Waals surface area contributed by atoms with Crippen LogP contribution < -0.4 is 4.90 Å². The molecule has 1 saturated carbocycles. The molecule has 0 bridgehead atoms. The van der Waals surface area contributed by atoms with Gasteiger partial charge in [-0.2, -0.15) is 0 Å². The maximum Gasteiger partial charge on any atom is 0.186 e. The number of aromatic nitrogens is 1. The Balaban J connectivity index is 2.17. The maximum absolute atomic E-state index is 9.37. The van der Waals surface area contributed by atoms with Crippen LogP contribution in [0.4, 0.5) is 5.13 Å². The highest BCUT2D eigenvalue weighted by Crippen LogP contribution is 2.34. The molecule has 18 heavy (non-hydrogen) atoms. The Hall–Kier alpha value is -0.650. The monoisotopic (exact) mass is 270 g/mol. The van der Waals surface area contributed by atoms with E-state index in [-0.39, 0.29) is 6.61 Å². The van der Waals surface area contributed by atoms with Gasteiger partial charge in [-0.3, -0.25) is 0 Å². The minimum atomic E-state index is 0.0473. The third-order valence-electron chi connectivity index (χ3n) is 3.21. The van der Waals surface area contributed by atoms with E-state index in [1.807, 2.05) is 0 Å². The Morgan fingerprint density at radius 2 is 2.22 bits per heavy atom. The zero-order chi connectivity index (χ0) is 13.1. The summed E-state index contributed by atoms with van der Waals surface area (Å²) >= 11 is 1.59. The van der Waals surface area contributed by atoms with Gasteiger partial charge in [-0.1, -0.05) is 11.3 Å². The highest BCUT2D eigenvalue weighted by molar-refractivity contribution is 7.15. The molecule has 5 heteroatoms. The van der Waals surface area contributed by atoms with Crippen molar-refractivity contribution < 1.29 is 9.84 Å². The maximum atomic E-state index is 9.37. The predicted molar refractivity (Wildman–Crippen MR) is 74.0 cm³/mol. The molecule has 1 N–H and O–H groups in total. The number of hydrogen-bond acceptors (Lipinski definition) is 5. The van der Waals surface area contributed by atoms with E-state index in [0.29, 0.717) is 12.6 Å². The number of ether oxygens (including phenoxy) is 1. The van der Waals surface area contributed by atoms with Gasteiger partial charge in [0.2, 0.25) is 0 Å². The van der Waals surface area contributed by atoms with Crippen LogP contribution >= 0.6 is 11.3 Å². The molecule has 4 nitrogen and oxygen atoms in total. The summed E-state index contributed by atoms with van der Waals surface area (Å²) in [7, 11) is 1.66. The molecule has 1 heterocycles. The second-order valence-corrected chi connectivity index (χ2v) is 6.21. The van der Waals surface area contributed by atoms with Crippen LogP contribution in [0.15, 0.2) is 0 Å². The van der Waals surface area contributed by atoms with Gasteiger partial charge in [-0.15, -0.1) is 0 Å². The topological polar surface area (TPSA) is 45.6 Å². The minimum absolute atomic E-state index is 0.0473. The third kappa shape index (κ3) is 3.22. The van der Waals surface area contributed by atoms with Crippen molar-refractivity contribution in [2.24, 2.45) is 5.92 Å². The average Bonchev–Trinajstić information content (AvgIpc) is 3.07. The Kier molecular flexibility index (Phi) is 4.59. The number of anilines is 1. The van der Waals surface area contributed by atoms with Crippen LogP contribution in [0.5, 0.6) is 0 Å². The normalized spacial score (nSPS) is 15.4.